The van der Waals surface area contributed by atoms with Crippen molar-refractivity contribution in [2.24, 2.45) is 5.92 Å². The fourth-order valence-corrected chi connectivity index (χ4v) is 3.65. The highest BCUT2D eigenvalue weighted by molar-refractivity contribution is 5.80. The topological polar surface area (TPSA) is 49.4 Å². The molecule has 0 bridgehead atoms. The van der Waals surface area contributed by atoms with Crippen LogP contribution in [0.4, 0.5) is 0 Å². The van der Waals surface area contributed by atoms with E-state index in [2.05, 4.69) is 29.6 Å². The molecular formula is C18H24N2O2. The van der Waals surface area contributed by atoms with Crippen LogP contribution in [0.2, 0.25) is 0 Å². The lowest BCUT2D eigenvalue weighted by Crippen LogP contribution is -2.43. The van der Waals surface area contributed by atoms with E-state index in [1.54, 1.807) is 6.92 Å². The van der Waals surface area contributed by atoms with Crippen molar-refractivity contribution in [3.63, 3.8) is 0 Å². The first-order valence-electron chi connectivity index (χ1n) is 8.29. The molecule has 1 aliphatic carbocycles. The third-order valence-corrected chi connectivity index (χ3v) is 5.00. The molecule has 4 nitrogen and oxygen atoms in total. The van der Waals surface area contributed by atoms with Gasteiger partial charge in [0.25, 0.3) is 0 Å². The quantitative estimate of drug-likeness (QED) is 0.912. The van der Waals surface area contributed by atoms with E-state index < -0.39 is 0 Å². The number of carbonyl (C=O) groups is 2. The molecule has 0 saturated carbocycles. The molecule has 118 valence electrons. The van der Waals surface area contributed by atoms with Gasteiger partial charge >= 0.3 is 0 Å². The molecule has 1 aliphatic heterocycles. The Morgan fingerprint density at radius 1 is 1.14 bits per heavy atom. The third kappa shape index (κ3) is 3.16. The zero-order chi connectivity index (χ0) is 15.5. The lowest BCUT2D eigenvalue weighted by atomic mass is 9.87. The van der Waals surface area contributed by atoms with E-state index in [1.807, 2.05) is 4.90 Å². The SMILES string of the molecule is CC(=O)N1CCC(C(=O)N[C@@H]2CCCc3ccccc32)CC1. The lowest BCUT2D eigenvalue weighted by Gasteiger charge is -2.32. The van der Waals surface area contributed by atoms with Crippen LogP contribution in [0.5, 0.6) is 0 Å². The van der Waals surface area contributed by atoms with Crippen molar-refractivity contribution >= 4 is 11.8 Å². The van der Waals surface area contributed by atoms with Crippen LogP contribution in [0.3, 0.4) is 0 Å². The van der Waals surface area contributed by atoms with E-state index in [1.165, 1.54) is 11.1 Å². The van der Waals surface area contributed by atoms with Crippen molar-refractivity contribution in [1.29, 1.82) is 0 Å². The van der Waals surface area contributed by atoms with Gasteiger partial charge in [0, 0.05) is 25.9 Å². The Kier molecular flexibility index (Phi) is 4.46. The number of amides is 2. The zero-order valence-corrected chi connectivity index (χ0v) is 13.2. The van der Waals surface area contributed by atoms with Crippen LogP contribution in [-0.4, -0.2) is 29.8 Å². The second kappa shape index (κ2) is 6.51. The second-order valence-electron chi connectivity index (χ2n) is 6.43. The summed E-state index contributed by atoms with van der Waals surface area (Å²) in [6, 6.07) is 8.58. The van der Waals surface area contributed by atoms with Gasteiger partial charge in [-0.2, -0.15) is 0 Å². The van der Waals surface area contributed by atoms with Gasteiger partial charge in [0.2, 0.25) is 11.8 Å². The van der Waals surface area contributed by atoms with Crippen LogP contribution in [0.1, 0.15) is 49.8 Å². The number of carbonyl (C=O) groups excluding carboxylic acids is 2. The molecule has 0 spiro atoms. The molecule has 0 radical (unpaired) electrons. The number of benzene rings is 1. The van der Waals surface area contributed by atoms with Crippen LogP contribution < -0.4 is 5.32 Å². The van der Waals surface area contributed by atoms with Crippen LogP contribution in [0, 0.1) is 5.92 Å². The minimum absolute atomic E-state index is 0.0460. The molecule has 3 rings (SSSR count). The summed E-state index contributed by atoms with van der Waals surface area (Å²) in [6.07, 6.45) is 4.82. The zero-order valence-electron chi connectivity index (χ0n) is 13.2. The minimum Gasteiger partial charge on any atom is -0.349 e. The average molecular weight is 300 g/mol. The maximum Gasteiger partial charge on any atom is 0.223 e. The highest BCUT2D eigenvalue weighted by Crippen LogP contribution is 2.30. The first-order chi connectivity index (χ1) is 10.6. The first kappa shape index (κ1) is 15.1. The van der Waals surface area contributed by atoms with Gasteiger partial charge in [0.1, 0.15) is 0 Å². The Hall–Kier alpha value is -1.84. The predicted molar refractivity (Wildman–Crippen MR) is 85.2 cm³/mol. The Labute approximate surface area is 131 Å². The number of likely N-dealkylation sites (tertiary alicyclic amines) is 1. The standard InChI is InChI=1S/C18H24N2O2/c1-13(21)20-11-9-15(10-12-20)18(22)19-17-8-4-6-14-5-2-3-7-16(14)17/h2-3,5,7,15,17H,4,6,8-12H2,1H3,(H,19,22)/t17-/m1/s1. The minimum atomic E-state index is 0.0460. The summed E-state index contributed by atoms with van der Waals surface area (Å²) in [5, 5.41) is 3.25. The third-order valence-electron chi connectivity index (χ3n) is 5.00. The molecule has 1 aromatic rings. The number of piperidine rings is 1. The Morgan fingerprint density at radius 2 is 1.86 bits per heavy atom. The molecule has 4 heteroatoms. The van der Waals surface area contributed by atoms with Gasteiger partial charge in [0.05, 0.1) is 6.04 Å². The summed E-state index contributed by atoms with van der Waals surface area (Å²) in [7, 11) is 0. The van der Waals surface area contributed by atoms with Gasteiger partial charge in [-0.3, -0.25) is 9.59 Å². The molecule has 2 amide bonds. The summed E-state index contributed by atoms with van der Waals surface area (Å²) in [4.78, 5) is 25.7. The molecular weight excluding hydrogens is 276 g/mol. The van der Waals surface area contributed by atoms with E-state index in [0.717, 1.165) is 32.1 Å². The van der Waals surface area contributed by atoms with E-state index >= 15 is 0 Å². The number of aryl methyl sites for hydroxylation is 1. The van der Waals surface area contributed by atoms with Crippen LogP contribution in [0.15, 0.2) is 24.3 Å². The van der Waals surface area contributed by atoms with Crippen LogP contribution in [-0.2, 0) is 16.0 Å². The molecule has 1 heterocycles. The van der Waals surface area contributed by atoms with Crippen molar-refractivity contribution in [3.05, 3.63) is 35.4 Å². The molecule has 0 aromatic heterocycles. The highest BCUT2D eigenvalue weighted by atomic mass is 16.2. The van der Waals surface area contributed by atoms with Crippen molar-refractivity contribution in [3.8, 4) is 0 Å². The van der Waals surface area contributed by atoms with Gasteiger partial charge in [-0.25, -0.2) is 0 Å². The average Bonchev–Trinajstić information content (AvgIpc) is 2.55. The summed E-state index contributed by atoms with van der Waals surface area (Å²) >= 11 is 0. The number of rotatable bonds is 2. The molecule has 1 saturated heterocycles. The van der Waals surface area contributed by atoms with Crippen molar-refractivity contribution < 1.29 is 9.59 Å². The molecule has 1 aromatic carbocycles. The Morgan fingerprint density at radius 3 is 2.59 bits per heavy atom. The van der Waals surface area contributed by atoms with E-state index in [0.29, 0.717) is 13.1 Å². The second-order valence-corrected chi connectivity index (χ2v) is 6.43. The number of nitrogens with one attached hydrogen (secondary N) is 1. The van der Waals surface area contributed by atoms with E-state index in [9.17, 15) is 9.59 Å². The summed E-state index contributed by atoms with van der Waals surface area (Å²) in [5.74, 6) is 0.314. The number of nitrogens with zero attached hydrogens (tertiary/aromatic N) is 1. The van der Waals surface area contributed by atoms with Crippen molar-refractivity contribution in [2.75, 3.05) is 13.1 Å². The molecule has 2 aliphatic rings. The summed E-state index contributed by atoms with van der Waals surface area (Å²) in [5.41, 5.74) is 2.65. The van der Waals surface area contributed by atoms with E-state index in [-0.39, 0.29) is 23.8 Å². The van der Waals surface area contributed by atoms with Gasteiger partial charge in [-0.05, 0) is 43.2 Å². The summed E-state index contributed by atoms with van der Waals surface area (Å²) < 4.78 is 0. The van der Waals surface area contributed by atoms with Gasteiger partial charge in [-0.15, -0.1) is 0 Å². The normalized spacial score (nSPS) is 22.0. The molecule has 22 heavy (non-hydrogen) atoms. The Balaban J connectivity index is 1.60. The van der Waals surface area contributed by atoms with Gasteiger partial charge in [-0.1, -0.05) is 24.3 Å². The number of hydrogen-bond acceptors (Lipinski definition) is 2. The smallest absolute Gasteiger partial charge is 0.223 e. The van der Waals surface area contributed by atoms with Gasteiger partial charge in [0.15, 0.2) is 0 Å². The number of hydrogen-bond donors (Lipinski definition) is 1. The van der Waals surface area contributed by atoms with Crippen molar-refractivity contribution in [1.82, 2.24) is 10.2 Å². The molecule has 0 unspecified atom stereocenters. The van der Waals surface area contributed by atoms with Crippen molar-refractivity contribution in [2.45, 2.75) is 45.1 Å². The number of fused-ring (bicyclic) bond motifs is 1. The predicted octanol–water partition coefficient (Wildman–Crippen LogP) is 2.44. The maximum absolute atomic E-state index is 12.5. The molecule has 1 fully saturated rings. The van der Waals surface area contributed by atoms with Crippen LogP contribution >= 0.6 is 0 Å². The Bertz CT molecular complexity index is 562. The molecule has 1 atom stereocenters. The fraction of sp³-hybridized carbons (Fsp3) is 0.556. The van der Waals surface area contributed by atoms with E-state index in [4.69, 9.17) is 0 Å². The molecule has 1 N–H and O–H groups in total. The first-order valence-corrected chi connectivity index (χ1v) is 8.29. The van der Waals surface area contributed by atoms with Crippen LogP contribution in [0.25, 0.3) is 0 Å². The monoisotopic (exact) mass is 300 g/mol. The maximum atomic E-state index is 12.5. The summed E-state index contributed by atoms with van der Waals surface area (Å²) in [6.45, 7) is 3.00. The lowest BCUT2D eigenvalue weighted by molar-refractivity contribution is -0.134. The fourth-order valence-electron chi connectivity index (χ4n) is 3.65. The van der Waals surface area contributed by atoms with Gasteiger partial charge < -0.3 is 10.2 Å². The largest absolute Gasteiger partial charge is 0.349 e. The highest BCUT2D eigenvalue weighted by Gasteiger charge is 2.29.